The first-order chi connectivity index (χ1) is 8.79. The van der Waals surface area contributed by atoms with Gasteiger partial charge in [-0.1, -0.05) is 34.1 Å². The van der Waals surface area contributed by atoms with Crippen molar-refractivity contribution in [3.8, 4) is 0 Å². The minimum absolute atomic E-state index is 0.0392. The Morgan fingerprint density at radius 1 is 1.28 bits per heavy atom. The van der Waals surface area contributed by atoms with Gasteiger partial charge in [0.15, 0.2) is 0 Å². The number of nitrogens with one attached hydrogen (secondary N) is 1. The van der Waals surface area contributed by atoms with E-state index in [0.29, 0.717) is 0 Å². The van der Waals surface area contributed by atoms with Crippen LogP contribution < -0.4 is 5.32 Å². The van der Waals surface area contributed by atoms with E-state index in [0.717, 1.165) is 28.7 Å². The van der Waals surface area contributed by atoms with E-state index < -0.39 is 0 Å². The van der Waals surface area contributed by atoms with E-state index in [1.54, 1.807) is 0 Å². The molecule has 18 heavy (non-hydrogen) atoms. The van der Waals surface area contributed by atoms with Gasteiger partial charge in [0, 0.05) is 11.0 Å². The maximum Gasteiger partial charge on any atom is 0.265 e. The van der Waals surface area contributed by atoms with Gasteiger partial charge in [-0.15, -0.1) is 11.3 Å². The van der Waals surface area contributed by atoms with Crippen molar-refractivity contribution in [2.45, 2.75) is 12.8 Å². The summed E-state index contributed by atoms with van der Waals surface area (Å²) in [5.41, 5.74) is 2.11. The highest BCUT2D eigenvalue weighted by Crippen LogP contribution is 2.15. The number of benzene rings is 1. The number of thiophene rings is 1. The van der Waals surface area contributed by atoms with Crippen LogP contribution in [0.5, 0.6) is 0 Å². The Morgan fingerprint density at radius 3 is 2.89 bits per heavy atom. The SMILES string of the molecule is O=C(Nc1cccc(CCCBr)c1)c1cccs1. The minimum Gasteiger partial charge on any atom is -0.321 e. The van der Waals surface area contributed by atoms with Gasteiger partial charge in [-0.25, -0.2) is 0 Å². The van der Waals surface area contributed by atoms with Crippen molar-refractivity contribution >= 4 is 38.9 Å². The lowest BCUT2D eigenvalue weighted by Crippen LogP contribution is -2.10. The minimum atomic E-state index is -0.0392. The number of hydrogen-bond acceptors (Lipinski definition) is 2. The Bertz CT molecular complexity index is 510. The highest BCUT2D eigenvalue weighted by Gasteiger charge is 2.06. The molecule has 0 unspecified atom stereocenters. The Balaban J connectivity index is 2.03. The van der Waals surface area contributed by atoms with Crippen LogP contribution in [-0.4, -0.2) is 11.2 Å². The average molecular weight is 324 g/mol. The summed E-state index contributed by atoms with van der Waals surface area (Å²) in [7, 11) is 0. The molecule has 0 radical (unpaired) electrons. The molecular weight excluding hydrogens is 310 g/mol. The molecule has 0 saturated heterocycles. The summed E-state index contributed by atoms with van der Waals surface area (Å²) >= 11 is 4.87. The van der Waals surface area contributed by atoms with Crippen LogP contribution in [0, 0.1) is 0 Å². The fourth-order valence-corrected chi connectivity index (χ4v) is 2.58. The van der Waals surface area contributed by atoms with Crippen LogP contribution in [0.25, 0.3) is 0 Å². The second-order valence-corrected chi connectivity index (χ2v) is 5.67. The number of halogens is 1. The van der Waals surface area contributed by atoms with Crippen LogP contribution in [0.15, 0.2) is 41.8 Å². The Labute approximate surface area is 119 Å². The zero-order valence-corrected chi connectivity index (χ0v) is 12.3. The molecule has 2 nitrogen and oxygen atoms in total. The zero-order valence-electron chi connectivity index (χ0n) is 9.86. The van der Waals surface area contributed by atoms with Crippen molar-refractivity contribution < 1.29 is 4.79 Å². The molecule has 0 aliphatic rings. The molecule has 2 rings (SSSR count). The first kappa shape index (κ1) is 13.3. The lowest BCUT2D eigenvalue weighted by atomic mass is 10.1. The number of carbonyl (C=O) groups is 1. The lowest BCUT2D eigenvalue weighted by Gasteiger charge is -2.06. The highest BCUT2D eigenvalue weighted by molar-refractivity contribution is 9.09. The Morgan fingerprint density at radius 2 is 2.17 bits per heavy atom. The molecule has 1 aromatic carbocycles. The molecule has 0 aliphatic heterocycles. The van der Waals surface area contributed by atoms with Crippen LogP contribution in [-0.2, 0) is 6.42 Å². The maximum absolute atomic E-state index is 11.9. The van der Waals surface area contributed by atoms with Gasteiger partial charge in [0.2, 0.25) is 0 Å². The zero-order chi connectivity index (χ0) is 12.8. The van der Waals surface area contributed by atoms with Gasteiger partial charge in [-0.3, -0.25) is 4.79 Å². The van der Waals surface area contributed by atoms with Gasteiger partial charge >= 0.3 is 0 Å². The van der Waals surface area contributed by atoms with Crippen LogP contribution in [0.1, 0.15) is 21.7 Å². The Hall–Kier alpha value is -1.13. The molecule has 1 amide bonds. The molecular formula is C14H14BrNOS. The molecule has 0 bridgehead atoms. The van der Waals surface area contributed by atoms with Gasteiger partial charge in [-0.2, -0.15) is 0 Å². The van der Waals surface area contributed by atoms with Gasteiger partial charge in [0.05, 0.1) is 4.88 Å². The third kappa shape index (κ3) is 3.68. The quantitative estimate of drug-likeness (QED) is 0.815. The summed E-state index contributed by atoms with van der Waals surface area (Å²) in [5.74, 6) is -0.0392. The van der Waals surface area contributed by atoms with Crippen molar-refractivity contribution in [1.82, 2.24) is 0 Å². The van der Waals surface area contributed by atoms with Crippen molar-refractivity contribution in [3.63, 3.8) is 0 Å². The van der Waals surface area contributed by atoms with Crippen molar-refractivity contribution in [3.05, 3.63) is 52.2 Å². The number of aryl methyl sites for hydroxylation is 1. The van der Waals surface area contributed by atoms with E-state index >= 15 is 0 Å². The van der Waals surface area contributed by atoms with Crippen molar-refractivity contribution in [2.75, 3.05) is 10.6 Å². The van der Waals surface area contributed by atoms with Crippen molar-refractivity contribution in [2.24, 2.45) is 0 Å². The molecule has 0 fully saturated rings. The summed E-state index contributed by atoms with van der Waals surface area (Å²) in [6, 6.07) is 11.7. The summed E-state index contributed by atoms with van der Waals surface area (Å²) in [6.07, 6.45) is 2.12. The number of rotatable bonds is 5. The van der Waals surface area contributed by atoms with E-state index in [1.807, 2.05) is 35.7 Å². The highest BCUT2D eigenvalue weighted by atomic mass is 79.9. The largest absolute Gasteiger partial charge is 0.321 e. The van der Waals surface area contributed by atoms with Crippen LogP contribution in [0.3, 0.4) is 0 Å². The number of amides is 1. The molecule has 0 saturated carbocycles. The van der Waals surface area contributed by atoms with Gasteiger partial charge in [0.1, 0.15) is 0 Å². The fourth-order valence-electron chi connectivity index (χ4n) is 1.68. The van der Waals surface area contributed by atoms with Crippen LogP contribution in [0.4, 0.5) is 5.69 Å². The smallest absolute Gasteiger partial charge is 0.265 e. The summed E-state index contributed by atoms with van der Waals surface area (Å²) in [5, 5.41) is 5.82. The van der Waals surface area contributed by atoms with Gasteiger partial charge in [-0.05, 0) is 42.0 Å². The number of carbonyl (C=O) groups excluding carboxylic acids is 1. The van der Waals surface area contributed by atoms with Crippen molar-refractivity contribution in [1.29, 1.82) is 0 Å². The molecule has 0 aliphatic carbocycles. The first-order valence-electron chi connectivity index (χ1n) is 5.79. The topological polar surface area (TPSA) is 29.1 Å². The van der Waals surface area contributed by atoms with Gasteiger partial charge in [0.25, 0.3) is 5.91 Å². The number of anilines is 1. The first-order valence-corrected chi connectivity index (χ1v) is 7.79. The maximum atomic E-state index is 11.9. The standard InChI is InChI=1S/C14H14BrNOS/c15-8-2-5-11-4-1-6-12(10-11)16-14(17)13-7-3-9-18-13/h1,3-4,6-7,9-10H,2,5,8H2,(H,16,17). The number of hydrogen-bond donors (Lipinski definition) is 1. The van der Waals surface area contributed by atoms with Crippen LogP contribution in [0.2, 0.25) is 0 Å². The normalized spacial score (nSPS) is 10.3. The predicted molar refractivity (Wildman–Crippen MR) is 80.8 cm³/mol. The monoisotopic (exact) mass is 323 g/mol. The van der Waals surface area contributed by atoms with E-state index in [4.69, 9.17) is 0 Å². The third-order valence-corrected chi connectivity index (χ3v) is 3.96. The van der Waals surface area contributed by atoms with Crippen LogP contribution >= 0.6 is 27.3 Å². The average Bonchev–Trinajstić information content (AvgIpc) is 2.91. The summed E-state index contributed by atoms with van der Waals surface area (Å²) in [6.45, 7) is 0. The molecule has 1 N–H and O–H groups in total. The number of alkyl halides is 1. The molecule has 1 aromatic heterocycles. The third-order valence-electron chi connectivity index (χ3n) is 2.53. The molecule has 1 heterocycles. The second kappa shape index (κ2) is 6.71. The fraction of sp³-hybridized carbons (Fsp3) is 0.214. The molecule has 4 heteroatoms. The van der Waals surface area contributed by atoms with E-state index in [9.17, 15) is 4.79 Å². The summed E-state index contributed by atoms with van der Waals surface area (Å²) in [4.78, 5) is 12.6. The molecule has 94 valence electrons. The summed E-state index contributed by atoms with van der Waals surface area (Å²) < 4.78 is 0. The lowest BCUT2D eigenvalue weighted by molar-refractivity contribution is 0.103. The van der Waals surface area contributed by atoms with E-state index in [-0.39, 0.29) is 5.91 Å². The Kier molecular flexibility index (Phi) is 4.96. The van der Waals surface area contributed by atoms with E-state index in [2.05, 4.69) is 27.3 Å². The molecule has 0 spiro atoms. The second-order valence-electron chi connectivity index (χ2n) is 3.92. The molecule has 2 aromatic rings. The molecule has 0 atom stereocenters. The van der Waals surface area contributed by atoms with Gasteiger partial charge < -0.3 is 5.32 Å². The van der Waals surface area contributed by atoms with E-state index in [1.165, 1.54) is 16.9 Å². The predicted octanol–water partition coefficient (Wildman–Crippen LogP) is 4.33.